The summed E-state index contributed by atoms with van der Waals surface area (Å²) in [5.74, 6) is 1.76. The van der Waals surface area contributed by atoms with E-state index in [2.05, 4.69) is 88.0 Å². The van der Waals surface area contributed by atoms with Crippen molar-refractivity contribution in [3.05, 3.63) is 101 Å². The number of hydrogen-bond donors (Lipinski definition) is 0. The van der Waals surface area contributed by atoms with E-state index >= 15 is 0 Å². The van der Waals surface area contributed by atoms with E-state index < -0.39 is 0 Å². The monoisotopic (exact) mass is 427 g/mol. The van der Waals surface area contributed by atoms with Gasteiger partial charge in [0.25, 0.3) is 0 Å². The second kappa shape index (κ2) is 11.7. The molecule has 0 aromatic heterocycles. The third-order valence-electron chi connectivity index (χ3n) is 6.07. The third-order valence-corrected chi connectivity index (χ3v) is 6.07. The lowest BCUT2D eigenvalue weighted by molar-refractivity contribution is 0.238. The Labute approximate surface area is 194 Å². The Morgan fingerprint density at radius 3 is 2.09 bits per heavy atom. The molecule has 32 heavy (non-hydrogen) atoms. The Morgan fingerprint density at radius 1 is 0.844 bits per heavy atom. The molecule has 0 heterocycles. The van der Waals surface area contributed by atoms with Crippen LogP contribution in [-0.2, 0) is 6.42 Å². The van der Waals surface area contributed by atoms with E-state index in [9.17, 15) is 0 Å². The van der Waals surface area contributed by atoms with Crippen LogP contribution in [0.5, 0.6) is 11.5 Å². The summed E-state index contributed by atoms with van der Waals surface area (Å²) in [6.07, 6.45) is 2.13. The molecule has 0 aliphatic carbocycles. The van der Waals surface area contributed by atoms with E-state index in [1.807, 2.05) is 30.3 Å². The molecule has 0 radical (unpaired) electrons. The van der Waals surface area contributed by atoms with Crippen LogP contribution in [0, 0.1) is 0 Å². The molecule has 0 spiro atoms. The molecular formula is C30H37NO. The summed E-state index contributed by atoms with van der Waals surface area (Å²) >= 11 is 0. The van der Waals surface area contributed by atoms with Gasteiger partial charge in [0.05, 0.1) is 0 Å². The number of allylic oxidation sites excluding steroid dienone is 1. The standard InChI is InChI=1S/C30H37NO/c1-6-20-31(24(5)26-14-10-8-11-15-26)22-30(23(3)4)29-21-28(19-18-25(29)7-2)32-27-16-12-9-13-17-27/h8-19,21,24H,6-7,20,22H2,1-5H3. The van der Waals surface area contributed by atoms with Gasteiger partial charge in [-0.05, 0) is 86.7 Å². The van der Waals surface area contributed by atoms with Gasteiger partial charge in [-0.25, -0.2) is 0 Å². The maximum Gasteiger partial charge on any atom is 0.128 e. The molecule has 0 aliphatic rings. The maximum absolute atomic E-state index is 6.18. The van der Waals surface area contributed by atoms with Crippen molar-refractivity contribution in [2.24, 2.45) is 0 Å². The van der Waals surface area contributed by atoms with Gasteiger partial charge in [0, 0.05) is 12.6 Å². The van der Waals surface area contributed by atoms with E-state index in [0.29, 0.717) is 6.04 Å². The van der Waals surface area contributed by atoms with Gasteiger partial charge in [-0.1, -0.05) is 74.0 Å². The Hall–Kier alpha value is -2.84. The van der Waals surface area contributed by atoms with Crippen LogP contribution >= 0.6 is 0 Å². The van der Waals surface area contributed by atoms with E-state index in [1.54, 1.807) is 0 Å². The van der Waals surface area contributed by atoms with Crippen LogP contribution in [0.15, 0.2) is 84.4 Å². The van der Waals surface area contributed by atoms with Crippen molar-refractivity contribution in [1.82, 2.24) is 4.90 Å². The molecule has 0 bridgehead atoms. The first-order valence-electron chi connectivity index (χ1n) is 11.8. The highest BCUT2D eigenvalue weighted by Crippen LogP contribution is 2.32. The van der Waals surface area contributed by atoms with Crippen LogP contribution in [0.25, 0.3) is 5.57 Å². The summed E-state index contributed by atoms with van der Waals surface area (Å²) in [5, 5.41) is 0. The van der Waals surface area contributed by atoms with Crippen LogP contribution in [0.3, 0.4) is 0 Å². The normalized spacial score (nSPS) is 11.9. The zero-order valence-electron chi connectivity index (χ0n) is 20.3. The quantitative estimate of drug-likeness (QED) is 0.322. The van der Waals surface area contributed by atoms with Gasteiger partial charge in [-0.2, -0.15) is 0 Å². The molecule has 1 unspecified atom stereocenters. The molecule has 0 saturated carbocycles. The number of hydrogen-bond acceptors (Lipinski definition) is 2. The van der Waals surface area contributed by atoms with Gasteiger partial charge in [0.15, 0.2) is 0 Å². The fourth-order valence-corrected chi connectivity index (χ4v) is 4.19. The Bertz CT molecular complexity index is 1000. The first-order valence-corrected chi connectivity index (χ1v) is 11.8. The summed E-state index contributed by atoms with van der Waals surface area (Å²) in [5.41, 5.74) is 6.80. The van der Waals surface area contributed by atoms with Crippen molar-refractivity contribution in [2.75, 3.05) is 13.1 Å². The predicted molar refractivity (Wildman–Crippen MR) is 137 cm³/mol. The molecule has 3 aromatic carbocycles. The molecule has 0 amide bonds. The van der Waals surface area contributed by atoms with Crippen LogP contribution in [0.2, 0.25) is 0 Å². The number of nitrogens with zero attached hydrogens (tertiary/aromatic N) is 1. The van der Waals surface area contributed by atoms with Crippen molar-refractivity contribution >= 4 is 5.57 Å². The number of rotatable bonds is 10. The fourth-order valence-electron chi connectivity index (χ4n) is 4.19. The summed E-state index contributed by atoms with van der Waals surface area (Å²) < 4.78 is 6.18. The molecule has 3 rings (SSSR count). The molecule has 2 nitrogen and oxygen atoms in total. The number of ether oxygens (including phenoxy) is 1. The Kier molecular flexibility index (Phi) is 8.70. The van der Waals surface area contributed by atoms with E-state index in [-0.39, 0.29) is 0 Å². The molecule has 0 N–H and O–H groups in total. The highest BCUT2D eigenvalue weighted by Gasteiger charge is 2.19. The van der Waals surface area contributed by atoms with E-state index in [1.165, 1.54) is 27.8 Å². The van der Waals surface area contributed by atoms with Gasteiger partial charge in [0.1, 0.15) is 11.5 Å². The van der Waals surface area contributed by atoms with E-state index in [4.69, 9.17) is 4.74 Å². The minimum atomic E-state index is 0.360. The zero-order valence-corrected chi connectivity index (χ0v) is 20.3. The first kappa shape index (κ1) is 23.8. The molecule has 0 saturated heterocycles. The van der Waals surface area contributed by atoms with Gasteiger partial charge < -0.3 is 4.74 Å². The highest BCUT2D eigenvalue weighted by molar-refractivity contribution is 5.73. The molecular weight excluding hydrogens is 390 g/mol. The molecule has 0 aliphatic heterocycles. The molecule has 2 heteroatoms. The van der Waals surface area contributed by atoms with Gasteiger partial charge in [-0.3, -0.25) is 4.90 Å². The van der Waals surface area contributed by atoms with Crippen LogP contribution in [-0.4, -0.2) is 18.0 Å². The molecule has 3 aromatic rings. The first-order chi connectivity index (χ1) is 15.5. The van der Waals surface area contributed by atoms with Crippen molar-refractivity contribution in [2.45, 2.75) is 53.5 Å². The zero-order chi connectivity index (χ0) is 22.9. The highest BCUT2D eigenvalue weighted by atomic mass is 16.5. The van der Waals surface area contributed by atoms with Crippen molar-refractivity contribution < 1.29 is 4.74 Å². The predicted octanol–water partition coefficient (Wildman–Crippen LogP) is 8.31. The molecule has 0 fully saturated rings. The number of benzene rings is 3. The minimum Gasteiger partial charge on any atom is -0.457 e. The average molecular weight is 428 g/mol. The second-order valence-corrected chi connectivity index (χ2v) is 8.62. The number of aryl methyl sites for hydroxylation is 1. The van der Waals surface area contributed by atoms with Crippen LogP contribution in [0.1, 0.15) is 63.8 Å². The SMILES string of the molecule is CCCN(CC(=C(C)C)c1cc(Oc2ccccc2)ccc1CC)C(C)c1ccccc1. The third kappa shape index (κ3) is 6.11. The lowest BCUT2D eigenvalue weighted by atomic mass is 9.93. The topological polar surface area (TPSA) is 12.5 Å². The summed E-state index contributed by atoms with van der Waals surface area (Å²) in [7, 11) is 0. The summed E-state index contributed by atoms with van der Waals surface area (Å²) in [6, 6.07) is 27.8. The van der Waals surface area contributed by atoms with Gasteiger partial charge in [0.2, 0.25) is 0 Å². The van der Waals surface area contributed by atoms with Crippen molar-refractivity contribution in [3.63, 3.8) is 0 Å². The largest absolute Gasteiger partial charge is 0.457 e. The van der Waals surface area contributed by atoms with Crippen LogP contribution < -0.4 is 4.74 Å². The molecule has 1 atom stereocenters. The minimum absolute atomic E-state index is 0.360. The number of para-hydroxylation sites is 1. The Balaban J connectivity index is 1.94. The maximum atomic E-state index is 6.18. The lowest BCUT2D eigenvalue weighted by Crippen LogP contribution is -2.30. The molecule has 168 valence electrons. The summed E-state index contributed by atoms with van der Waals surface area (Å²) in [6.45, 7) is 13.3. The lowest BCUT2D eigenvalue weighted by Gasteiger charge is -2.31. The summed E-state index contributed by atoms with van der Waals surface area (Å²) in [4.78, 5) is 2.60. The Morgan fingerprint density at radius 2 is 1.50 bits per heavy atom. The van der Waals surface area contributed by atoms with Gasteiger partial charge in [-0.15, -0.1) is 0 Å². The van der Waals surface area contributed by atoms with E-state index in [0.717, 1.165) is 37.4 Å². The average Bonchev–Trinajstić information content (AvgIpc) is 2.82. The van der Waals surface area contributed by atoms with Crippen molar-refractivity contribution in [3.8, 4) is 11.5 Å². The van der Waals surface area contributed by atoms with Crippen LogP contribution in [0.4, 0.5) is 0 Å². The van der Waals surface area contributed by atoms with Crippen molar-refractivity contribution in [1.29, 1.82) is 0 Å². The second-order valence-electron chi connectivity index (χ2n) is 8.62. The smallest absolute Gasteiger partial charge is 0.128 e. The van der Waals surface area contributed by atoms with Gasteiger partial charge >= 0.3 is 0 Å². The fraction of sp³-hybridized carbons (Fsp3) is 0.333.